The maximum Gasteiger partial charge on any atom is -0.0149 e. The van der Waals surface area contributed by atoms with Crippen LogP contribution in [-0.4, -0.2) is 54.2 Å². The van der Waals surface area contributed by atoms with Crippen LogP contribution in [0, 0.1) is 0 Å². The molecule has 0 rings (SSSR count). The van der Waals surface area contributed by atoms with Crippen LogP contribution in [0.15, 0.2) is 0 Å². The van der Waals surface area contributed by atoms with Crippen LogP contribution < -0.4 is 0 Å². The molecule has 0 spiro atoms. The fraction of sp³-hybridized carbons (Fsp3) is 1.00. The normalized spacial score (nSPS) is 0. The van der Waals surface area contributed by atoms with Crippen molar-refractivity contribution in [3.8, 4) is 0 Å². The van der Waals surface area contributed by atoms with E-state index in [-0.39, 0.29) is 61.6 Å². The van der Waals surface area contributed by atoms with Crippen molar-refractivity contribution in [3.63, 3.8) is 0 Å². The van der Waals surface area contributed by atoms with Gasteiger partial charge in [0.25, 0.3) is 0 Å². The third-order valence-electron chi connectivity index (χ3n) is 0. The van der Waals surface area contributed by atoms with E-state index in [0.29, 0.717) is 0 Å². The average molecular weight is 108 g/mol. The molecule has 3 heteroatoms. The maximum atomic E-state index is 0. The second-order valence-corrected chi connectivity index (χ2v) is 0. The summed E-state index contributed by atoms with van der Waals surface area (Å²) in [6.45, 7) is 0. The van der Waals surface area contributed by atoms with Gasteiger partial charge in [0.05, 0.1) is 0 Å². The van der Waals surface area contributed by atoms with E-state index in [0.717, 1.165) is 0 Å². The van der Waals surface area contributed by atoms with Crippen molar-refractivity contribution in [2.45, 2.75) is 7.43 Å². The summed E-state index contributed by atoms with van der Waals surface area (Å²) >= 11 is 0. The van der Waals surface area contributed by atoms with E-state index in [2.05, 4.69) is 0 Å². The molecule has 0 aliphatic heterocycles. The quantitative estimate of drug-likeness (QED) is 0.306. The van der Waals surface area contributed by atoms with Gasteiger partial charge in [0.2, 0.25) is 0 Å². The Bertz CT molecular complexity index is 8.00. The molecule has 2 N–H and O–H groups in total. The fourth-order valence-corrected chi connectivity index (χ4v) is 0. The van der Waals surface area contributed by atoms with Gasteiger partial charge < -0.3 is 5.48 Å². The summed E-state index contributed by atoms with van der Waals surface area (Å²) in [5.74, 6) is 0. The second-order valence-electron chi connectivity index (χ2n) is 0. The van der Waals surface area contributed by atoms with Crippen LogP contribution in [-0.2, 0) is 0 Å². The second kappa shape index (κ2) is 25.4. The first kappa shape index (κ1) is 51.8. The Labute approximate surface area is 61.1 Å². The van der Waals surface area contributed by atoms with Gasteiger partial charge in [-0.15, -0.1) is 0 Å². The van der Waals surface area contributed by atoms with Crippen LogP contribution in [0.1, 0.15) is 7.43 Å². The van der Waals surface area contributed by atoms with Gasteiger partial charge in [0, 0.05) is 0 Å². The van der Waals surface area contributed by atoms with Crippen molar-refractivity contribution < 1.29 is 5.48 Å². The van der Waals surface area contributed by atoms with Crippen LogP contribution in [0.5, 0.6) is 0 Å². The zero-order valence-electron chi connectivity index (χ0n) is 0.500. The van der Waals surface area contributed by atoms with Crippen molar-refractivity contribution in [2.24, 2.45) is 0 Å². The van der Waals surface area contributed by atoms with Crippen molar-refractivity contribution in [1.82, 2.24) is 0 Å². The summed E-state index contributed by atoms with van der Waals surface area (Å²) in [5, 5.41) is 0. The van der Waals surface area contributed by atoms with Gasteiger partial charge in [-0.2, -0.15) is 0 Å². The first-order valence-corrected chi connectivity index (χ1v) is 0. The maximum absolute atomic E-state index is 0. The molecular formula is CH12CaOSi. The molecule has 0 radical (unpaired) electrons. The van der Waals surface area contributed by atoms with Crippen LogP contribution in [0.3, 0.4) is 0 Å². The molecule has 0 aliphatic carbocycles. The van der Waals surface area contributed by atoms with Gasteiger partial charge in [-0.1, -0.05) is 7.43 Å². The Morgan fingerprint density at radius 1 is 1.00 bits per heavy atom. The largest absolute Gasteiger partial charge is 0.0149 e. The van der Waals surface area contributed by atoms with Crippen molar-refractivity contribution in [3.05, 3.63) is 0 Å². The summed E-state index contributed by atoms with van der Waals surface area (Å²) in [6, 6.07) is 0. The van der Waals surface area contributed by atoms with E-state index >= 15 is 0 Å². The molecule has 0 unspecified atom stereocenters. The van der Waals surface area contributed by atoms with Gasteiger partial charge in [-0.3, -0.25) is 0 Å². The molecule has 4 heavy (non-hydrogen) atoms. The molecule has 28 valence electrons. The molecule has 0 saturated heterocycles. The standard InChI is InChI=1S/CH4.Ca.H2O.H4Si.2H/h1H4;;1H2;1H4;;. The van der Waals surface area contributed by atoms with Crippen molar-refractivity contribution in [1.29, 1.82) is 0 Å². The predicted molar refractivity (Wildman–Crippen MR) is 30.2 cm³/mol. The van der Waals surface area contributed by atoms with Crippen LogP contribution in [0.25, 0.3) is 0 Å². The van der Waals surface area contributed by atoms with E-state index in [4.69, 9.17) is 0 Å². The van der Waals surface area contributed by atoms with Crippen LogP contribution >= 0.6 is 0 Å². The van der Waals surface area contributed by atoms with Gasteiger partial charge in [-0.05, 0) is 11.0 Å². The molecule has 0 aromatic carbocycles. The minimum atomic E-state index is 0. The Morgan fingerprint density at radius 2 is 1.00 bits per heavy atom. The third kappa shape index (κ3) is 9.89. The van der Waals surface area contributed by atoms with Crippen LogP contribution in [0.2, 0.25) is 0 Å². The Morgan fingerprint density at radius 3 is 1.00 bits per heavy atom. The zero-order valence-corrected chi connectivity index (χ0v) is 0.500. The average Bonchev–Trinajstić information content (AvgIpc) is 0. The number of hydrogen-bond donors (Lipinski definition) is 0. The van der Waals surface area contributed by atoms with Gasteiger partial charge >= 0.3 is 37.7 Å². The Balaban J connectivity index is 0. The first-order chi connectivity index (χ1) is 0. The number of hydrogen-bond acceptors (Lipinski definition) is 0. The van der Waals surface area contributed by atoms with E-state index in [9.17, 15) is 0 Å². The van der Waals surface area contributed by atoms with E-state index in [1.807, 2.05) is 0 Å². The van der Waals surface area contributed by atoms with Gasteiger partial charge in [-0.25, -0.2) is 0 Å². The number of rotatable bonds is 0. The summed E-state index contributed by atoms with van der Waals surface area (Å²) in [6.07, 6.45) is 0. The summed E-state index contributed by atoms with van der Waals surface area (Å²) in [4.78, 5) is 0. The first-order valence-electron chi connectivity index (χ1n) is 0. The minimum absolute atomic E-state index is 0. The third-order valence-corrected chi connectivity index (χ3v) is 0. The Hall–Kier alpha value is 1.44. The topological polar surface area (TPSA) is 31.5 Å². The summed E-state index contributed by atoms with van der Waals surface area (Å²) in [5.41, 5.74) is 0. The molecule has 0 fully saturated rings. The van der Waals surface area contributed by atoms with Crippen LogP contribution in [0.4, 0.5) is 0 Å². The molecule has 0 bridgehead atoms. The smallest absolute Gasteiger partial charge is 0.0149 e. The molecule has 0 amide bonds. The van der Waals surface area contributed by atoms with Crippen molar-refractivity contribution >= 4 is 48.7 Å². The molecule has 0 aromatic heterocycles. The van der Waals surface area contributed by atoms with Crippen molar-refractivity contribution in [2.75, 3.05) is 0 Å². The summed E-state index contributed by atoms with van der Waals surface area (Å²) in [7, 11) is 0. The molecular weight excluding hydrogens is 96.2 g/mol. The summed E-state index contributed by atoms with van der Waals surface area (Å²) < 4.78 is 0. The van der Waals surface area contributed by atoms with Gasteiger partial charge in [0.1, 0.15) is 0 Å². The molecule has 0 heterocycles. The zero-order chi connectivity index (χ0) is 0. The minimum Gasteiger partial charge on any atom is -0.0149 e. The molecule has 1 nitrogen and oxygen atoms in total. The molecule has 0 atom stereocenters. The van der Waals surface area contributed by atoms with E-state index < -0.39 is 0 Å². The Kier molecular flexibility index (Phi) is 329. The van der Waals surface area contributed by atoms with E-state index in [1.54, 1.807) is 0 Å². The fourth-order valence-electron chi connectivity index (χ4n) is 0. The molecule has 0 aromatic rings. The monoisotopic (exact) mass is 108 g/mol. The predicted octanol–water partition coefficient (Wildman–Crippen LogP) is -2.56. The molecule has 0 saturated carbocycles. The van der Waals surface area contributed by atoms with E-state index in [1.165, 1.54) is 0 Å². The van der Waals surface area contributed by atoms with Gasteiger partial charge in [0.15, 0.2) is 0 Å². The molecule has 0 aliphatic rings. The SMILES string of the molecule is C.O.[CaH2].[SiH4].